The Morgan fingerprint density at radius 3 is 2.51 bits per heavy atom. The Balaban J connectivity index is 1.50. The Labute approximate surface area is 214 Å². The number of nitrogens with two attached hydrogens (primary N) is 1. The van der Waals surface area contributed by atoms with Crippen LogP contribution in [0.2, 0.25) is 0 Å². The number of aryl methyl sites for hydroxylation is 1. The molecule has 0 spiro atoms. The van der Waals surface area contributed by atoms with Crippen LogP contribution in [0.1, 0.15) is 27.9 Å². The Bertz CT molecular complexity index is 1320. The lowest BCUT2D eigenvalue weighted by Crippen LogP contribution is -2.33. The zero-order valence-corrected chi connectivity index (χ0v) is 19.9. The van der Waals surface area contributed by atoms with Gasteiger partial charge in [-0.25, -0.2) is 4.99 Å². The molecule has 0 aliphatic carbocycles. The molecule has 2 amide bonds. The van der Waals surface area contributed by atoms with Crippen molar-refractivity contribution in [1.82, 2.24) is 10.6 Å². The highest BCUT2D eigenvalue weighted by atomic mass is 16.5. The van der Waals surface area contributed by atoms with Gasteiger partial charge in [0.15, 0.2) is 6.19 Å². The number of aliphatic imine (C=N–C) groups is 1. The lowest BCUT2D eigenvalue weighted by atomic mass is 10.1. The van der Waals surface area contributed by atoms with Crippen molar-refractivity contribution in [2.45, 2.75) is 19.4 Å². The molecule has 0 aliphatic heterocycles. The van der Waals surface area contributed by atoms with Crippen LogP contribution in [0.25, 0.3) is 0 Å². The third-order valence-corrected chi connectivity index (χ3v) is 5.08. The van der Waals surface area contributed by atoms with Gasteiger partial charge in [-0.15, -0.1) is 0 Å². The summed E-state index contributed by atoms with van der Waals surface area (Å²) in [4.78, 5) is 41.1. The van der Waals surface area contributed by atoms with Gasteiger partial charge in [0.2, 0.25) is 11.9 Å². The SMILES string of the molecule is N#CNC(N)=Nc1cccc(C(=O)NCC(=O)Nc2ccccc2CCC(=O)OCc2ccccc2)c1. The van der Waals surface area contributed by atoms with Crippen LogP contribution in [0.3, 0.4) is 0 Å². The molecular formula is C27H26N6O4. The van der Waals surface area contributed by atoms with Crippen LogP contribution >= 0.6 is 0 Å². The average molecular weight is 499 g/mol. The highest BCUT2D eigenvalue weighted by molar-refractivity contribution is 6.00. The number of rotatable bonds is 10. The minimum Gasteiger partial charge on any atom is -0.461 e. The molecule has 0 saturated heterocycles. The Morgan fingerprint density at radius 2 is 1.73 bits per heavy atom. The van der Waals surface area contributed by atoms with E-state index in [4.69, 9.17) is 15.7 Å². The molecule has 0 aromatic heterocycles. The lowest BCUT2D eigenvalue weighted by molar-refractivity contribution is -0.144. The summed E-state index contributed by atoms with van der Waals surface area (Å²) in [5.41, 5.74) is 8.41. The van der Waals surface area contributed by atoms with Gasteiger partial charge in [-0.05, 0) is 41.8 Å². The van der Waals surface area contributed by atoms with Crippen LogP contribution < -0.4 is 21.7 Å². The molecule has 5 N–H and O–H groups in total. The van der Waals surface area contributed by atoms with E-state index in [0.717, 1.165) is 11.1 Å². The second-order valence-corrected chi connectivity index (χ2v) is 7.82. The highest BCUT2D eigenvalue weighted by Crippen LogP contribution is 2.18. The number of anilines is 1. The van der Waals surface area contributed by atoms with Crippen LogP contribution in [-0.2, 0) is 27.4 Å². The van der Waals surface area contributed by atoms with Gasteiger partial charge >= 0.3 is 5.97 Å². The molecule has 0 aliphatic rings. The molecule has 0 unspecified atom stereocenters. The van der Waals surface area contributed by atoms with Crippen LogP contribution in [-0.4, -0.2) is 30.3 Å². The van der Waals surface area contributed by atoms with Crippen LogP contribution in [0, 0.1) is 11.5 Å². The monoisotopic (exact) mass is 498 g/mol. The van der Waals surface area contributed by atoms with E-state index in [0.29, 0.717) is 17.8 Å². The topological polar surface area (TPSA) is 159 Å². The third-order valence-electron chi connectivity index (χ3n) is 5.08. The summed E-state index contributed by atoms with van der Waals surface area (Å²) in [5.74, 6) is -1.35. The lowest BCUT2D eigenvalue weighted by Gasteiger charge is -2.12. The van der Waals surface area contributed by atoms with Gasteiger partial charge in [-0.3, -0.25) is 19.7 Å². The number of ether oxygens (including phenoxy) is 1. The molecule has 188 valence electrons. The summed E-state index contributed by atoms with van der Waals surface area (Å²) >= 11 is 0. The number of nitrogens with zero attached hydrogens (tertiary/aromatic N) is 2. The van der Waals surface area contributed by atoms with Crippen molar-refractivity contribution in [3.05, 3.63) is 95.6 Å². The number of nitriles is 1. The number of benzene rings is 3. The minimum atomic E-state index is -0.478. The van der Waals surface area contributed by atoms with E-state index in [2.05, 4.69) is 20.9 Å². The van der Waals surface area contributed by atoms with Crippen molar-refractivity contribution in [2.75, 3.05) is 11.9 Å². The normalized spacial score (nSPS) is 10.6. The summed E-state index contributed by atoms with van der Waals surface area (Å²) in [7, 11) is 0. The van der Waals surface area contributed by atoms with E-state index in [-0.39, 0.29) is 37.1 Å². The zero-order chi connectivity index (χ0) is 26.5. The third kappa shape index (κ3) is 8.84. The summed E-state index contributed by atoms with van der Waals surface area (Å²) in [6.07, 6.45) is 2.19. The Morgan fingerprint density at radius 1 is 0.973 bits per heavy atom. The van der Waals surface area contributed by atoms with Gasteiger partial charge in [0.05, 0.1) is 12.2 Å². The highest BCUT2D eigenvalue weighted by Gasteiger charge is 2.12. The van der Waals surface area contributed by atoms with Crippen molar-refractivity contribution in [3.63, 3.8) is 0 Å². The molecule has 10 heteroatoms. The van der Waals surface area contributed by atoms with Gasteiger partial charge in [-0.2, -0.15) is 5.26 Å². The van der Waals surface area contributed by atoms with Crippen LogP contribution in [0.5, 0.6) is 0 Å². The molecule has 0 atom stereocenters. The first kappa shape index (κ1) is 26.4. The molecular weight excluding hydrogens is 472 g/mol. The van der Waals surface area contributed by atoms with Gasteiger partial charge in [0, 0.05) is 17.7 Å². The fraction of sp³-hybridized carbons (Fsp3) is 0.148. The molecule has 3 aromatic carbocycles. The Hall–Kier alpha value is -5.17. The number of guanidine groups is 1. The maximum Gasteiger partial charge on any atom is 0.306 e. The first-order valence-electron chi connectivity index (χ1n) is 11.4. The number of nitrogens with one attached hydrogen (secondary N) is 3. The van der Waals surface area contributed by atoms with Crippen molar-refractivity contribution < 1.29 is 19.1 Å². The van der Waals surface area contributed by atoms with Gasteiger partial charge in [0.1, 0.15) is 6.61 Å². The maximum absolute atomic E-state index is 12.5. The predicted octanol–water partition coefficient (Wildman–Crippen LogP) is 2.75. The van der Waals surface area contributed by atoms with Crippen molar-refractivity contribution in [1.29, 1.82) is 5.26 Å². The van der Waals surface area contributed by atoms with Gasteiger partial charge in [-0.1, -0.05) is 54.6 Å². The van der Waals surface area contributed by atoms with E-state index >= 15 is 0 Å². The van der Waals surface area contributed by atoms with Crippen LogP contribution in [0.4, 0.5) is 11.4 Å². The summed E-state index contributed by atoms with van der Waals surface area (Å²) in [6.45, 7) is -0.0605. The van der Waals surface area contributed by atoms with Crippen molar-refractivity contribution in [2.24, 2.45) is 10.7 Å². The fourth-order valence-electron chi connectivity index (χ4n) is 3.31. The standard InChI is InChI=1S/C27H26N6O4/c28-18-31-27(29)32-22-11-6-10-21(15-22)26(36)30-16-24(34)33-23-12-5-4-9-20(23)13-14-25(35)37-17-19-7-2-1-3-8-19/h1-12,15H,13-14,16-17H2,(H,30,36)(H,33,34)(H3,29,31,32). The second kappa shape index (κ2) is 13.7. The Kier molecular flexibility index (Phi) is 9.75. The molecule has 3 aromatic rings. The maximum atomic E-state index is 12.5. The van der Waals surface area contributed by atoms with Crippen LogP contribution in [0.15, 0.2) is 83.9 Å². The van der Waals surface area contributed by atoms with E-state index in [1.165, 1.54) is 6.07 Å². The molecule has 3 rings (SSSR count). The zero-order valence-electron chi connectivity index (χ0n) is 19.9. The quantitative estimate of drug-likeness (QED) is 0.110. The minimum absolute atomic E-state index is 0.109. The number of carbonyl (C=O) groups excluding carboxylic acids is 3. The smallest absolute Gasteiger partial charge is 0.306 e. The van der Waals surface area contributed by atoms with E-state index in [9.17, 15) is 14.4 Å². The van der Waals surface area contributed by atoms with Crippen molar-refractivity contribution >= 4 is 35.1 Å². The van der Waals surface area contributed by atoms with Crippen molar-refractivity contribution in [3.8, 4) is 6.19 Å². The molecule has 37 heavy (non-hydrogen) atoms. The number of para-hydroxylation sites is 1. The first-order chi connectivity index (χ1) is 17.9. The first-order valence-corrected chi connectivity index (χ1v) is 11.4. The number of hydrogen-bond donors (Lipinski definition) is 4. The number of carbonyl (C=O) groups is 3. The summed E-state index contributed by atoms with van der Waals surface area (Å²) in [5, 5.41) is 16.1. The average Bonchev–Trinajstić information content (AvgIpc) is 2.91. The number of amides is 2. The van der Waals surface area contributed by atoms with E-state index < -0.39 is 11.8 Å². The fourth-order valence-corrected chi connectivity index (χ4v) is 3.31. The molecule has 0 radical (unpaired) electrons. The number of esters is 1. The van der Waals surface area contributed by atoms with E-state index in [1.54, 1.807) is 36.5 Å². The predicted molar refractivity (Wildman–Crippen MR) is 138 cm³/mol. The molecule has 10 nitrogen and oxygen atoms in total. The molecule has 0 heterocycles. The van der Waals surface area contributed by atoms with Gasteiger partial charge in [0.25, 0.3) is 5.91 Å². The van der Waals surface area contributed by atoms with E-state index in [1.807, 2.05) is 42.5 Å². The largest absolute Gasteiger partial charge is 0.461 e. The second-order valence-electron chi connectivity index (χ2n) is 7.82. The molecule has 0 fully saturated rings. The summed E-state index contributed by atoms with van der Waals surface area (Å²) < 4.78 is 5.31. The van der Waals surface area contributed by atoms with Gasteiger partial charge < -0.3 is 21.1 Å². The number of hydrogen-bond acceptors (Lipinski definition) is 6. The summed E-state index contributed by atoms with van der Waals surface area (Å²) in [6, 6.07) is 22.8. The molecule has 0 bridgehead atoms. The molecule has 0 saturated carbocycles.